The zero-order chi connectivity index (χ0) is 27.1. The van der Waals surface area contributed by atoms with Gasteiger partial charge in [0.05, 0.1) is 13.2 Å². The van der Waals surface area contributed by atoms with Crippen LogP contribution in [0.15, 0.2) is 36.5 Å². The molecule has 8 nitrogen and oxygen atoms in total. The van der Waals surface area contributed by atoms with E-state index in [2.05, 4.69) is 19.7 Å². The van der Waals surface area contributed by atoms with Crippen LogP contribution in [0.1, 0.15) is 40.5 Å². The quantitative estimate of drug-likeness (QED) is 0.145. The van der Waals surface area contributed by atoms with Crippen LogP contribution < -0.4 is 0 Å². The summed E-state index contributed by atoms with van der Waals surface area (Å²) in [6.07, 6.45) is 1.40. The number of esters is 2. The third-order valence-corrected chi connectivity index (χ3v) is 8.84. The Morgan fingerprint density at radius 3 is 1.21 bits per heavy atom. The highest BCUT2D eigenvalue weighted by atomic mass is 28.4. The van der Waals surface area contributed by atoms with Crippen molar-refractivity contribution in [3.05, 3.63) is 36.5 Å². The van der Waals surface area contributed by atoms with E-state index in [1.54, 1.807) is 20.8 Å². The van der Waals surface area contributed by atoms with Crippen molar-refractivity contribution in [1.82, 2.24) is 0 Å². The van der Waals surface area contributed by atoms with Crippen LogP contribution in [-0.2, 0) is 37.5 Å². The van der Waals surface area contributed by atoms with Crippen LogP contribution in [0.2, 0.25) is 38.3 Å². The molecule has 0 aromatic rings. The fourth-order valence-corrected chi connectivity index (χ4v) is 6.05. The van der Waals surface area contributed by atoms with E-state index in [0.29, 0.717) is 42.8 Å². The number of carbonyl (C=O) groups is 4. The maximum Gasteiger partial charge on any atom is 0.333 e. The van der Waals surface area contributed by atoms with E-state index in [0.717, 1.165) is 12.1 Å². The van der Waals surface area contributed by atoms with Gasteiger partial charge in [0, 0.05) is 23.6 Å². The fourth-order valence-electron chi connectivity index (χ4n) is 2.40. The number of rotatable bonds is 13. The zero-order valence-electron chi connectivity index (χ0n) is 22.1. The van der Waals surface area contributed by atoms with Gasteiger partial charge in [-0.25, -0.2) is 14.4 Å². The predicted octanol–water partition coefficient (Wildman–Crippen LogP) is 5.08. The molecule has 0 aliphatic rings. The molecule has 0 aliphatic heterocycles. The highest BCUT2D eigenvalue weighted by molar-refractivity contribution is 6.73. The van der Waals surface area contributed by atoms with Gasteiger partial charge in [-0.05, 0) is 71.9 Å². The Morgan fingerprint density at radius 2 is 0.912 bits per heavy atom. The molecule has 0 heterocycles. The van der Waals surface area contributed by atoms with Crippen molar-refractivity contribution in [3.8, 4) is 0 Å². The molecule has 34 heavy (non-hydrogen) atoms. The summed E-state index contributed by atoms with van der Waals surface area (Å²) in [6.45, 7) is 25.3. The lowest BCUT2D eigenvalue weighted by molar-refractivity contribution is -0.139. The van der Waals surface area contributed by atoms with E-state index in [-0.39, 0.29) is 23.9 Å². The summed E-state index contributed by atoms with van der Waals surface area (Å²) >= 11 is 0. The lowest BCUT2D eigenvalue weighted by Gasteiger charge is -2.22. The minimum atomic E-state index is -2.05. The molecule has 10 heteroatoms. The van der Waals surface area contributed by atoms with E-state index >= 15 is 0 Å². The van der Waals surface area contributed by atoms with E-state index in [1.807, 2.05) is 26.2 Å². The summed E-state index contributed by atoms with van der Waals surface area (Å²) in [5, 5.41) is 0. The molecule has 0 bridgehead atoms. The molecule has 0 saturated heterocycles. The van der Waals surface area contributed by atoms with Gasteiger partial charge in [-0.15, -0.1) is 0 Å². The maximum absolute atomic E-state index is 11.4. The molecule has 0 aromatic heterocycles. The van der Waals surface area contributed by atoms with E-state index < -0.39 is 16.6 Å². The summed E-state index contributed by atoms with van der Waals surface area (Å²) in [7, 11) is -3.98. The van der Waals surface area contributed by atoms with Gasteiger partial charge in [0.15, 0.2) is 0 Å². The Morgan fingerprint density at radius 1 is 0.588 bits per heavy atom. The molecule has 0 fully saturated rings. The van der Waals surface area contributed by atoms with Crippen molar-refractivity contribution in [2.75, 3.05) is 13.2 Å². The number of ether oxygens (including phenoxy) is 2. The van der Waals surface area contributed by atoms with Gasteiger partial charge in [-0.1, -0.05) is 19.7 Å². The monoisotopic (exact) mass is 514 g/mol. The first kappa shape index (κ1) is 33.7. The van der Waals surface area contributed by atoms with Gasteiger partial charge in [-0.2, -0.15) is 0 Å². The van der Waals surface area contributed by atoms with Crippen LogP contribution in [0.4, 0.5) is 0 Å². The van der Waals surface area contributed by atoms with Crippen LogP contribution in [0.5, 0.6) is 0 Å². The summed E-state index contributed by atoms with van der Waals surface area (Å²) < 4.78 is 20.6. The van der Waals surface area contributed by atoms with Gasteiger partial charge in [0.1, 0.15) is 0 Å². The average molecular weight is 515 g/mol. The van der Waals surface area contributed by atoms with Crippen molar-refractivity contribution in [1.29, 1.82) is 0 Å². The zero-order valence-corrected chi connectivity index (χ0v) is 24.1. The molecule has 194 valence electrons. The summed E-state index contributed by atoms with van der Waals surface area (Å²) in [6, 6.07) is 1.53. The normalized spacial score (nSPS) is 10.7. The third kappa shape index (κ3) is 19.0. The third-order valence-electron chi connectivity index (χ3n) is 4.15. The topological polar surface area (TPSA) is 105 Å². The molecule has 0 N–H and O–H groups in total. The van der Waals surface area contributed by atoms with Crippen molar-refractivity contribution in [2.24, 2.45) is 0 Å². The number of carbonyl (C=O) groups excluding carboxylic acids is 4. The lowest BCUT2D eigenvalue weighted by atomic mass is 10.4. The Hall–Kier alpha value is -2.47. The molecule has 0 unspecified atom stereocenters. The standard InChI is InChI=1S/C13H22O4Si.C11H20O4Si/c1-10(2)12(14)16-8-7-9-18(5,6)17-13(15)11(3)4;1-9(2)11(13)14-7-6-8-16(4,5)15-10(3)12/h1,3,7-9H2,2,4-6H3;1,6-8H2,2-5H3. The summed E-state index contributed by atoms with van der Waals surface area (Å²) in [5.41, 5.74) is 1.20. The van der Waals surface area contributed by atoms with E-state index in [9.17, 15) is 19.2 Å². The summed E-state index contributed by atoms with van der Waals surface area (Å²) in [4.78, 5) is 44.4. The molecule has 0 rings (SSSR count). The summed E-state index contributed by atoms with van der Waals surface area (Å²) in [5.74, 6) is -1.33. The van der Waals surface area contributed by atoms with Gasteiger partial charge < -0.3 is 18.3 Å². The highest BCUT2D eigenvalue weighted by Gasteiger charge is 2.27. The smallest absolute Gasteiger partial charge is 0.333 e. The second kappa shape index (κ2) is 16.2. The van der Waals surface area contributed by atoms with E-state index in [1.165, 1.54) is 6.92 Å². The molecule has 0 saturated carbocycles. The van der Waals surface area contributed by atoms with Gasteiger partial charge in [0.25, 0.3) is 5.97 Å². The Bertz CT molecular complexity index is 769. The molecular weight excluding hydrogens is 472 g/mol. The van der Waals surface area contributed by atoms with Crippen molar-refractivity contribution in [2.45, 2.75) is 78.8 Å². The maximum atomic E-state index is 11.4. The van der Waals surface area contributed by atoms with Crippen LogP contribution in [-0.4, -0.2) is 53.7 Å². The average Bonchev–Trinajstić information content (AvgIpc) is 2.67. The lowest BCUT2D eigenvalue weighted by Crippen LogP contribution is -2.33. The van der Waals surface area contributed by atoms with Gasteiger partial charge in [0.2, 0.25) is 16.6 Å². The van der Waals surface area contributed by atoms with Crippen molar-refractivity contribution < 1.29 is 37.5 Å². The van der Waals surface area contributed by atoms with Crippen molar-refractivity contribution in [3.63, 3.8) is 0 Å². The first-order chi connectivity index (χ1) is 15.4. The van der Waals surface area contributed by atoms with Crippen LogP contribution in [0, 0.1) is 0 Å². The SMILES string of the molecule is C=C(C)C(=O)OCCC[Si](C)(C)OC(=O)C(=C)C.C=C(C)C(=O)OCCC[Si](C)(C)OC(C)=O. The largest absolute Gasteiger partial charge is 0.520 e. The molecule has 0 aliphatic carbocycles. The number of hydrogen-bond acceptors (Lipinski definition) is 8. The molecule has 0 radical (unpaired) electrons. The molecule has 0 spiro atoms. The van der Waals surface area contributed by atoms with E-state index in [4.69, 9.17) is 18.3 Å². The molecule has 0 atom stereocenters. The minimum Gasteiger partial charge on any atom is -0.520 e. The van der Waals surface area contributed by atoms with Crippen LogP contribution >= 0.6 is 0 Å². The molecular formula is C24H42O8Si2. The first-order valence-electron chi connectivity index (χ1n) is 11.1. The van der Waals surface area contributed by atoms with Crippen molar-refractivity contribution >= 4 is 40.5 Å². The Kier molecular flexibility index (Phi) is 16.1. The van der Waals surface area contributed by atoms with Crippen LogP contribution in [0.3, 0.4) is 0 Å². The Labute approximate surface area is 206 Å². The minimum absolute atomic E-state index is 0.240. The second-order valence-electron chi connectivity index (χ2n) is 9.32. The number of hydrogen-bond donors (Lipinski definition) is 0. The fraction of sp³-hybridized carbons (Fsp3) is 0.583. The Balaban J connectivity index is 0. The van der Waals surface area contributed by atoms with Crippen LogP contribution in [0.25, 0.3) is 0 Å². The second-order valence-corrected chi connectivity index (χ2v) is 17.8. The predicted molar refractivity (Wildman–Crippen MR) is 138 cm³/mol. The highest BCUT2D eigenvalue weighted by Crippen LogP contribution is 2.16. The first-order valence-corrected chi connectivity index (χ1v) is 17.4. The van der Waals surface area contributed by atoms with Gasteiger partial charge >= 0.3 is 17.9 Å². The van der Waals surface area contributed by atoms with Gasteiger partial charge in [-0.3, -0.25) is 4.79 Å². The molecule has 0 amide bonds. The molecule has 0 aromatic carbocycles.